The maximum atomic E-state index is 13.8. The smallest absolute Gasteiger partial charge is 0.428 e. The van der Waals surface area contributed by atoms with E-state index in [1.54, 1.807) is 0 Å². The highest BCUT2D eigenvalue weighted by molar-refractivity contribution is 5.85. The van der Waals surface area contributed by atoms with Crippen LogP contribution < -0.4 is 4.74 Å². The van der Waals surface area contributed by atoms with Gasteiger partial charge in [0.1, 0.15) is 0 Å². The molecule has 0 aliphatic rings. The molecule has 0 fully saturated rings. The van der Waals surface area contributed by atoms with Gasteiger partial charge in [0.25, 0.3) is 5.60 Å². The summed E-state index contributed by atoms with van der Waals surface area (Å²) in [6.07, 6.45) is -5.40. The number of hydrogen-bond acceptors (Lipinski definition) is 4. The molecule has 1 aromatic rings. The highest BCUT2D eigenvalue weighted by Crippen LogP contribution is 2.44. The van der Waals surface area contributed by atoms with Crippen molar-refractivity contribution in [3.05, 3.63) is 35.9 Å². The Morgan fingerprint density at radius 2 is 1.88 bits per heavy atom. The Kier molecular flexibility index (Phi) is 6.17. The van der Waals surface area contributed by atoms with Crippen molar-refractivity contribution in [3.8, 4) is 5.75 Å². The lowest BCUT2D eigenvalue weighted by molar-refractivity contribution is -0.271. The number of aliphatic hydroxyl groups is 1. The number of benzene rings is 1. The zero-order valence-electron chi connectivity index (χ0n) is 13.7. The minimum atomic E-state index is -5.40. The molecule has 140 valence electrons. The van der Waals surface area contributed by atoms with Crippen LogP contribution in [0.4, 0.5) is 22.0 Å². The molecule has 0 bridgehead atoms. The first kappa shape index (κ1) is 20.9. The van der Waals surface area contributed by atoms with Crippen LogP contribution in [0.2, 0.25) is 0 Å². The van der Waals surface area contributed by atoms with Gasteiger partial charge in [-0.1, -0.05) is 13.5 Å². The van der Waals surface area contributed by atoms with Gasteiger partial charge < -0.3 is 14.6 Å². The summed E-state index contributed by atoms with van der Waals surface area (Å²) in [5.74, 6) is -7.29. The van der Waals surface area contributed by atoms with Gasteiger partial charge in [0.05, 0.1) is 13.7 Å². The summed E-state index contributed by atoms with van der Waals surface area (Å²) in [4.78, 5) is 11.8. The van der Waals surface area contributed by atoms with Gasteiger partial charge in [-0.2, -0.15) is 17.6 Å². The predicted molar refractivity (Wildman–Crippen MR) is 78.7 cm³/mol. The molecule has 4 nitrogen and oxygen atoms in total. The van der Waals surface area contributed by atoms with E-state index >= 15 is 0 Å². The van der Waals surface area contributed by atoms with Crippen molar-refractivity contribution in [1.29, 1.82) is 0 Å². The Morgan fingerprint density at radius 1 is 1.32 bits per heavy atom. The molecule has 0 spiro atoms. The van der Waals surface area contributed by atoms with Crippen molar-refractivity contribution in [2.45, 2.75) is 25.6 Å². The molecule has 1 aromatic carbocycles. The third-order valence-electron chi connectivity index (χ3n) is 3.77. The third-order valence-corrected chi connectivity index (χ3v) is 3.77. The van der Waals surface area contributed by atoms with Crippen molar-refractivity contribution in [1.82, 2.24) is 0 Å². The van der Waals surface area contributed by atoms with Crippen LogP contribution in [0.25, 0.3) is 5.57 Å². The Labute approximate surface area is 140 Å². The monoisotopic (exact) mass is 368 g/mol. The number of alkyl halides is 3. The van der Waals surface area contributed by atoms with Gasteiger partial charge in [-0.25, -0.2) is 9.18 Å². The van der Waals surface area contributed by atoms with Crippen molar-refractivity contribution >= 4 is 11.5 Å². The first-order valence-electron chi connectivity index (χ1n) is 7.10. The average Bonchev–Trinajstić information content (AvgIpc) is 2.54. The van der Waals surface area contributed by atoms with E-state index in [1.807, 2.05) is 0 Å². The number of hydrogen-bond donors (Lipinski definition) is 1. The number of halogens is 5. The molecule has 0 aliphatic heterocycles. The van der Waals surface area contributed by atoms with Crippen molar-refractivity contribution < 1.29 is 41.3 Å². The number of ether oxygens (including phenoxy) is 2. The highest BCUT2D eigenvalue weighted by atomic mass is 19.4. The van der Waals surface area contributed by atoms with Crippen molar-refractivity contribution in [2.75, 3.05) is 13.7 Å². The van der Waals surface area contributed by atoms with Crippen molar-refractivity contribution in [2.24, 2.45) is 5.92 Å². The summed E-state index contributed by atoms with van der Waals surface area (Å²) in [7, 11) is 0.987. The highest BCUT2D eigenvalue weighted by Gasteiger charge is 2.64. The molecule has 0 radical (unpaired) electrons. The lowest BCUT2D eigenvalue weighted by Gasteiger charge is -2.34. The zero-order valence-corrected chi connectivity index (χ0v) is 13.7. The SMILES string of the molecule is C=C(c1ccc(F)c(F)c1OC)C(C)C(O)(C(=O)OCC)C(F)(F)F. The van der Waals surface area contributed by atoms with Crippen LogP contribution in [0.1, 0.15) is 19.4 Å². The van der Waals surface area contributed by atoms with E-state index in [-0.39, 0.29) is 5.56 Å². The van der Waals surface area contributed by atoms with Gasteiger partial charge >= 0.3 is 12.1 Å². The van der Waals surface area contributed by atoms with E-state index < -0.39 is 53.2 Å². The van der Waals surface area contributed by atoms with E-state index in [2.05, 4.69) is 16.1 Å². The fourth-order valence-electron chi connectivity index (χ4n) is 2.25. The van der Waals surface area contributed by atoms with Crippen LogP contribution in [-0.2, 0) is 9.53 Å². The summed E-state index contributed by atoms with van der Waals surface area (Å²) in [5, 5.41) is 10.1. The molecule has 0 aromatic heterocycles. The summed E-state index contributed by atoms with van der Waals surface area (Å²) < 4.78 is 76.2. The van der Waals surface area contributed by atoms with E-state index in [0.717, 1.165) is 20.1 Å². The average molecular weight is 368 g/mol. The molecule has 0 amide bonds. The van der Waals surface area contributed by atoms with Crippen LogP contribution in [0, 0.1) is 17.6 Å². The van der Waals surface area contributed by atoms with Gasteiger partial charge in [-0.3, -0.25) is 0 Å². The van der Waals surface area contributed by atoms with Gasteiger partial charge in [0, 0.05) is 11.5 Å². The van der Waals surface area contributed by atoms with E-state index in [4.69, 9.17) is 0 Å². The molecular formula is C16H17F5O4. The fourth-order valence-corrected chi connectivity index (χ4v) is 2.25. The number of esters is 1. The molecule has 1 rings (SSSR count). The predicted octanol–water partition coefficient (Wildman–Crippen LogP) is 3.48. The molecule has 2 atom stereocenters. The van der Waals surface area contributed by atoms with Gasteiger partial charge in [-0.15, -0.1) is 0 Å². The zero-order chi connectivity index (χ0) is 19.6. The number of carbonyl (C=O) groups excluding carboxylic acids is 1. The second-order valence-corrected chi connectivity index (χ2v) is 5.17. The number of carbonyl (C=O) groups is 1. The van der Waals surface area contributed by atoms with Crippen LogP contribution in [0.3, 0.4) is 0 Å². The third kappa shape index (κ3) is 3.60. The normalized spacial score (nSPS) is 15.2. The standard InChI is InChI=1S/C16H17F5O4/c1-5-25-14(22)15(23,16(19,20)21)9(3)8(2)10-6-7-11(17)12(18)13(10)24-4/h6-7,9,23H,2,5H2,1,3-4H3. The Hall–Kier alpha value is -2.16. The minimum absolute atomic E-state index is 0.319. The van der Waals surface area contributed by atoms with E-state index in [9.17, 15) is 31.9 Å². The molecule has 0 saturated heterocycles. The van der Waals surface area contributed by atoms with E-state index in [0.29, 0.717) is 6.07 Å². The Morgan fingerprint density at radius 3 is 2.32 bits per heavy atom. The van der Waals surface area contributed by atoms with Crippen LogP contribution in [0.15, 0.2) is 18.7 Å². The summed E-state index contributed by atoms with van der Waals surface area (Å²) in [6, 6.07) is 1.61. The summed E-state index contributed by atoms with van der Waals surface area (Å²) >= 11 is 0. The first-order chi connectivity index (χ1) is 11.4. The maximum Gasteiger partial charge on any atom is 0.428 e. The van der Waals surface area contributed by atoms with Gasteiger partial charge in [0.2, 0.25) is 5.82 Å². The minimum Gasteiger partial charge on any atom is -0.493 e. The lowest BCUT2D eigenvalue weighted by Crippen LogP contribution is -2.57. The Bertz CT molecular complexity index is 671. The second kappa shape index (κ2) is 7.38. The topological polar surface area (TPSA) is 55.8 Å². The summed E-state index contributed by atoms with van der Waals surface area (Å²) in [5.41, 5.74) is -4.72. The lowest BCUT2D eigenvalue weighted by atomic mass is 9.80. The molecule has 25 heavy (non-hydrogen) atoms. The molecule has 2 unspecified atom stereocenters. The van der Waals surface area contributed by atoms with Gasteiger partial charge in [-0.05, 0) is 24.6 Å². The second-order valence-electron chi connectivity index (χ2n) is 5.17. The van der Waals surface area contributed by atoms with Gasteiger partial charge in [0.15, 0.2) is 11.6 Å². The van der Waals surface area contributed by atoms with Crippen LogP contribution in [0.5, 0.6) is 5.75 Å². The Balaban J connectivity index is 3.45. The molecule has 1 N–H and O–H groups in total. The maximum absolute atomic E-state index is 13.8. The molecule has 0 heterocycles. The quantitative estimate of drug-likeness (QED) is 0.617. The summed E-state index contributed by atoms with van der Waals surface area (Å²) in [6.45, 7) is 5.13. The molecule has 0 saturated carbocycles. The van der Waals surface area contributed by atoms with E-state index in [1.165, 1.54) is 6.92 Å². The number of rotatable bonds is 6. The number of methoxy groups -OCH3 is 1. The fraction of sp³-hybridized carbons (Fsp3) is 0.438. The molecular weight excluding hydrogens is 351 g/mol. The molecule has 0 aliphatic carbocycles. The van der Waals surface area contributed by atoms with Crippen molar-refractivity contribution in [3.63, 3.8) is 0 Å². The van der Waals surface area contributed by atoms with Crippen LogP contribution >= 0.6 is 0 Å². The van der Waals surface area contributed by atoms with Crippen LogP contribution in [-0.4, -0.2) is 36.6 Å². The molecule has 9 heteroatoms. The first-order valence-corrected chi connectivity index (χ1v) is 7.10. The largest absolute Gasteiger partial charge is 0.493 e.